The quantitative estimate of drug-likeness (QED) is 0.501. The van der Waals surface area contributed by atoms with Gasteiger partial charge < -0.3 is 0 Å². The minimum Gasteiger partial charge on any atom is -0.137 e. The van der Waals surface area contributed by atoms with Gasteiger partial charge in [-0.3, -0.25) is 0 Å². The summed E-state index contributed by atoms with van der Waals surface area (Å²) in [6.07, 6.45) is 2.23. The molecule has 1 heteroatoms. The van der Waals surface area contributed by atoms with Crippen molar-refractivity contribution in [3.63, 3.8) is 0 Å². The predicted octanol–water partition coefficient (Wildman–Crippen LogP) is 5.72. The SMILES string of the molecule is C.C.C.C.C.C.[2H]CC(CC)CP. The van der Waals surface area contributed by atoms with Crippen LogP contribution >= 0.6 is 9.24 Å². The third kappa shape index (κ3) is 47.3. The van der Waals surface area contributed by atoms with E-state index in [2.05, 4.69) is 16.2 Å². The molecule has 2 unspecified atom stereocenters. The first-order valence-electron chi connectivity index (χ1n) is 3.05. The maximum Gasteiger partial charge on any atom is 0.0233 e. The lowest BCUT2D eigenvalue weighted by atomic mass is 10.2. The second kappa shape index (κ2) is 42.2. The number of hydrogen-bond acceptors (Lipinski definition) is 0. The van der Waals surface area contributed by atoms with Crippen LogP contribution in [0.15, 0.2) is 0 Å². The van der Waals surface area contributed by atoms with E-state index in [1.165, 1.54) is 0 Å². The van der Waals surface area contributed by atoms with Gasteiger partial charge in [0.05, 0.1) is 0 Å². The monoisotopic (exact) mass is 201 g/mol. The Morgan fingerprint density at radius 3 is 1.42 bits per heavy atom. The largest absolute Gasteiger partial charge is 0.137 e. The number of hydrogen-bond donors (Lipinski definition) is 0. The molecule has 0 fully saturated rings. The van der Waals surface area contributed by atoms with E-state index >= 15 is 0 Å². The van der Waals surface area contributed by atoms with Crippen LogP contribution < -0.4 is 0 Å². The fourth-order valence-electron chi connectivity index (χ4n) is 0.167. The van der Waals surface area contributed by atoms with Gasteiger partial charge in [-0.25, -0.2) is 0 Å². The third-order valence-corrected chi connectivity index (χ3v) is 1.58. The average molecular weight is 201 g/mol. The van der Waals surface area contributed by atoms with Gasteiger partial charge in [0.2, 0.25) is 0 Å². The van der Waals surface area contributed by atoms with Crippen LogP contribution in [0, 0.1) is 5.92 Å². The van der Waals surface area contributed by atoms with Crippen LogP contribution in [0.5, 0.6) is 0 Å². The van der Waals surface area contributed by atoms with Gasteiger partial charge >= 0.3 is 0 Å². The van der Waals surface area contributed by atoms with Gasteiger partial charge in [0, 0.05) is 1.37 Å². The van der Waals surface area contributed by atoms with E-state index in [0.29, 0.717) is 12.8 Å². The molecule has 0 aliphatic heterocycles. The van der Waals surface area contributed by atoms with Crippen LogP contribution in [0.1, 0.15) is 66.2 Å². The lowest BCUT2D eigenvalue weighted by molar-refractivity contribution is 0.637. The van der Waals surface area contributed by atoms with E-state index in [0.717, 1.165) is 12.6 Å². The molecule has 0 heterocycles. The summed E-state index contributed by atoms with van der Waals surface area (Å²) >= 11 is 0. The summed E-state index contributed by atoms with van der Waals surface area (Å²) < 4.78 is 6.95. The van der Waals surface area contributed by atoms with Gasteiger partial charge in [0.25, 0.3) is 0 Å². The normalized spacial score (nSPS) is 8.33. The van der Waals surface area contributed by atoms with E-state index in [9.17, 15) is 0 Å². The summed E-state index contributed by atoms with van der Waals surface area (Å²) in [7, 11) is 2.66. The van der Waals surface area contributed by atoms with E-state index in [1.54, 1.807) is 0 Å². The van der Waals surface area contributed by atoms with Gasteiger partial charge in [-0.05, 0) is 12.1 Å². The van der Waals surface area contributed by atoms with Crippen molar-refractivity contribution >= 4 is 9.24 Å². The van der Waals surface area contributed by atoms with Gasteiger partial charge in [0.1, 0.15) is 0 Å². The topological polar surface area (TPSA) is 0 Å². The first-order chi connectivity index (χ1) is 3.35. The molecule has 0 radical (unpaired) electrons. The van der Waals surface area contributed by atoms with Crippen LogP contribution in [0.4, 0.5) is 0 Å². The first-order valence-corrected chi connectivity index (χ1v) is 3.16. The molecule has 0 aliphatic carbocycles. The Balaban J connectivity index is -0.0000000120. The summed E-state index contributed by atoms with van der Waals surface area (Å²) in [5.41, 5.74) is 0. The molecular formula is C11H37P. The van der Waals surface area contributed by atoms with Crippen molar-refractivity contribution in [1.29, 1.82) is 0 Å². The average Bonchev–Trinajstić information content (AvgIpc) is 1.72. The van der Waals surface area contributed by atoms with Crippen LogP contribution in [-0.2, 0) is 0 Å². The molecule has 0 N–H and O–H groups in total. The van der Waals surface area contributed by atoms with Gasteiger partial charge in [-0.2, -0.15) is 0 Å². The van der Waals surface area contributed by atoms with E-state index < -0.39 is 0 Å². The summed E-state index contributed by atoms with van der Waals surface area (Å²) in [6, 6.07) is 0. The van der Waals surface area contributed by atoms with Crippen molar-refractivity contribution in [2.45, 2.75) is 64.8 Å². The summed E-state index contributed by atoms with van der Waals surface area (Å²) in [5.74, 6) is 0.616. The summed E-state index contributed by atoms with van der Waals surface area (Å²) in [5, 5.41) is 0. The van der Waals surface area contributed by atoms with Gasteiger partial charge in [-0.1, -0.05) is 64.8 Å². The van der Waals surface area contributed by atoms with Crippen LogP contribution in [-0.4, -0.2) is 6.16 Å². The standard InChI is InChI=1S/C5H13P.6CH4/c1-3-5(2)4-6;;;;;;/h5H,3-4,6H2,1-2H3;6*1H4/i2D;;;;;;. The minimum absolute atomic E-state index is 0. The third-order valence-electron chi connectivity index (χ3n) is 0.911. The second-order valence-electron chi connectivity index (χ2n) is 1.51. The zero-order valence-electron chi connectivity index (χ0n) is 5.28. The van der Waals surface area contributed by atoms with Crippen molar-refractivity contribution in [1.82, 2.24) is 0 Å². The Bertz CT molecular complexity index is 31.6. The van der Waals surface area contributed by atoms with Crippen LogP contribution in [0.3, 0.4) is 0 Å². The molecule has 0 saturated carbocycles. The molecule has 0 nitrogen and oxygen atoms in total. The maximum absolute atomic E-state index is 6.95. The highest BCUT2D eigenvalue weighted by molar-refractivity contribution is 7.16. The molecule has 0 spiro atoms. The fraction of sp³-hybridized carbons (Fsp3) is 1.00. The minimum atomic E-state index is 0. The molecule has 0 aromatic heterocycles. The first kappa shape index (κ1) is 39.3. The molecule has 0 amide bonds. The summed E-state index contributed by atoms with van der Waals surface area (Å²) in [4.78, 5) is 0. The molecule has 0 rings (SSSR count). The summed E-state index contributed by atoms with van der Waals surface area (Å²) in [6.45, 7) is 2.71. The Kier molecular flexibility index (Phi) is 138. The molecule has 12 heavy (non-hydrogen) atoms. The zero-order chi connectivity index (χ0) is 5.70. The molecule has 0 saturated heterocycles. The van der Waals surface area contributed by atoms with E-state index in [4.69, 9.17) is 1.37 Å². The van der Waals surface area contributed by atoms with Crippen LogP contribution in [0.25, 0.3) is 0 Å². The molecular weight excluding hydrogens is 163 g/mol. The zero-order valence-corrected chi connectivity index (χ0v) is 5.43. The van der Waals surface area contributed by atoms with Crippen molar-refractivity contribution in [2.75, 3.05) is 6.16 Å². The molecule has 2 atom stereocenters. The Morgan fingerprint density at radius 2 is 1.42 bits per heavy atom. The van der Waals surface area contributed by atoms with Crippen molar-refractivity contribution in [3.8, 4) is 0 Å². The number of rotatable bonds is 2. The fourth-order valence-corrected chi connectivity index (χ4v) is 0.500. The van der Waals surface area contributed by atoms with E-state index in [-0.39, 0.29) is 44.6 Å². The highest BCUT2D eigenvalue weighted by Gasteiger charge is 1.88. The maximum atomic E-state index is 6.95. The van der Waals surface area contributed by atoms with Gasteiger partial charge in [-0.15, -0.1) is 9.24 Å². The van der Waals surface area contributed by atoms with Crippen LogP contribution in [0.2, 0.25) is 0 Å². The highest BCUT2D eigenvalue weighted by Crippen LogP contribution is 2.02. The molecule has 86 valence electrons. The van der Waals surface area contributed by atoms with Crippen molar-refractivity contribution in [2.24, 2.45) is 5.92 Å². The van der Waals surface area contributed by atoms with Crippen molar-refractivity contribution in [3.05, 3.63) is 0 Å². The molecule has 0 aromatic rings. The lowest BCUT2D eigenvalue weighted by Crippen LogP contribution is -1.89. The highest BCUT2D eigenvalue weighted by atomic mass is 31.0. The molecule has 0 aromatic carbocycles. The second-order valence-corrected chi connectivity index (χ2v) is 1.98. The Hall–Kier alpha value is 0.430. The van der Waals surface area contributed by atoms with E-state index in [1.807, 2.05) is 0 Å². The smallest absolute Gasteiger partial charge is 0.0233 e. The van der Waals surface area contributed by atoms with Crippen molar-refractivity contribution < 1.29 is 1.37 Å². The Morgan fingerprint density at radius 1 is 1.08 bits per heavy atom. The lowest BCUT2D eigenvalue weighted by Gasteiger charge is -1.98. The Labute approximate surface area is 88.2 Å². The molecule has 0 aliphatic rings. The van der Waals surface area contributed by atoms with Gasteiger partial charge in [0.15, 0.2) is 0 Å². The predicted molar refractivity (Wildman–Crippen MR) is 74.4 cm³/mol. The molecule has 0 bridgehead atoms.